The van der Waals surface area contributed by atoms with E-state index in [4.69, 9.17) is 5.14 Å². The molecule has 0 spiro atoms. The van der Waals surface area contributed by atoms with Crippen LogP contribution in [0.1, 0.15) is 12.8 Å². The monoisotopic (exact) mass is 262 g/mol. The highest BCUT2D eigenvalue weighted by Gasteiger charge is 2.25. The van der Waals surface area contributed by atoms with E-state index >= 15 is 0 Å². The zero-order valence-corrected chi connectivity index (χ0v) is 10.3. The number of hydrogen-bond acceptors (Lipinski definition) is 5. The Hall–Kier alpha value is -0.700. The molecule has 0 saturated carbocycles. The first-order valence-corrected chi connectivity index (χ1v) is 7.38. The van der Waals surface area contributed by atoms with Crippen LogP contribution in [0, 0.1) is 0 Å². The minimum Gasteiger partial charge on any atom is -0.359 e. The van der Waals surface area contributed by atoms with Gasteiger partial charge in [0.1, 0.15) is 0 Å². The molecule has 0 bridgehead atoms. The maximum absolute atomic E-state index is 11.1. The van der Waals surface area contributed by atoms with Gasteiger partial charge < -0.3 is 5.32 Å². The van der Waals surface area contributed by atoms with Crippen LogP contribution in [-0.4, -0.2) is 36.8 Å². The van der Waals surface area contributed by atoms with Gasteiger partial charge in [-0.2, -0.15) is 12.7 Å². The average molecular weight is 262 g/mol. The lowest BCUT2D eigenvalue weighted by Crippen LogP contribution is -2.45. The minimum atomic E-state index is -3.52. The SMILES string of the molecule is NS(=O)(=O)N1CCC(Nc2nccs2)CC1. The van der Waals surface area contributed by atoms with E-state index < -0.39 is 10.2 Å². The summed E-state index contributed by atoms with van der Waals surface area (Å²) in [5, 5.41) is 11.1. The molecule has 1 aromatic heterocycles. The fraction of sp³-hybridized carbons (Fsp3) is 0.625. The summed E-state index contributed by atoms with van der Waals surface area (Å²) in [5.41, 5.74) is 0. The Balaban J connectivity index is 1.86. The van der Waals surface area contributed by atoms with Crippen molar-refractivity contribution in [2.24, 2.45) is 5.14 Å². The molecule has 0 atom stereocenters. The van der Waals surface area contributed by atoms with E-state index in [1.54, 1.807) is 17.5 Å². The molecular weight excluding hydrogens is 248 g/mol. The Bertz CT molecular complexity index is 423. The van der Waals surface area contributed by atoms with Gasteiger partial charge >= 0.3 is 0 Å². The number of thiazole rings is 1. The largest absolute Gasteiger partial charge is 0.359 e. The van der Waals surface area contributed by atoms with Gasteiger partial charge in [-0.1, -0.05) is 0 Å². The quantitative estimate of drug-likeness (QED) is 0.815. The molecule has 16 heavy (non-hydrogen) atoms. The summed E-state index contributed by atoms with van der Waals surface area (Å²) in [6.07, 6.45) is 3.26. The Morgan fingerprint density at radius 1 is 1.50 bits per heavy atom. The fourth-order valence-electron chi connectivity index (χ4n) is 1.72. The molecule has 2 rings (SSSR count). The topological polar surface area (TPSA) is 88.3 Å². The first-order chi connectivity index (χ1) is 7.55. The molecule has 0 unspecified atom stereocenters. The Morgan fingerprint density at radius 2 is 2.19 bits per heavy atom. The number of nitrogens with one attached hydrogen (secondary N) is 1. The smallest absolute Gasteiger partial charge is 0.276 e. The second-order valence-corrected chi connectivity index (χ2v) is 6.14. The number of piperidine rings is 1. The van der Waals surface area contributed by atoms with Gasteiger partial charge in [0, 0.05) is 30.7 Å². The van der Waals surface area contributed by atoms with Crippen molar-refractivity contribution >= 4 is 26.7 Å². The van der Waals surface area contributed by atoms with Crippen LogP contribution in [-0.2, 0) is 10.2 Å². The van der Waals surface area contributed by atoms with Crippen molar-refractivity contribution in [3.8, 4) is 0 Å². The molecule has 3 N–H and O–H groups in total. The summed E-state index contributed by atoms with van der Waals surface area (Å²) in [5.74, 6) is 0. The third-order valence-corrected chi connectivity index (χ3v) is 4.36. The molecule has 6 nitrogen and oxygen atoms in total. The summed E-state index contributed by atoms with van der Waals surface area (Å²) in [4.78, 5) is 4.13. The summed E-state index contributed by atoms with van der Waals surface area (Å²) in [6.45, 7) is 0.948. The maximum Gasteiger partial charge on any atom is 0.276 e. The van der Waals surface area contributed by atoms with E-state index in [0.29, 0.717) is 13.1 Å². The Labute approximate surface area is 98.7 Å². The first kappa shape index (κ1) is 11.8. The average Bonchev–Trinajstić information content (AvgIpc) is 2.70. The number of hydrogen-bond donors (Lipinski definition) is 2. The number of nitrogens with two attached hydrogens (primary N) is 1. The molecule has 8 heteroatoms. The van der Waals surface area contributed by atoms with Crippen molar-refractivity contribution in [2.45, 2.75) is 18.9 Å². The highest BCUT2D eigenvalue weighted by Crippen LogP contribution is 2.18. The van der Waals surface area contributed by atoms with Gasteiger partial charge in [0.15, 0.2) is 5.13 Å². The van der Waals surface area contributed by atoms with Gasteiger partial charge in [-0.25, -0.2) is 10.1 Å². The van der Waals surface area contributed by atoms with Crippen LogP contribution < -0.4 is 10.5 Å². The molecule has 2 heterocycles. The number of aromatic nitrogens is 1. The van der Waals surface area contributed by atoms with Gasteiger partial charge in [0.2, 0.25) is 0 Å². The van der Waals surface area contributed by atoms with E-state index in [1.165, 1.54) is 4.31 Å². The summed E-state index contributed by atoms with van der Waals surface area (Å²) in [6, 6.07) is 0.282. The molecule has 1 aromatic rings. The molecular formula is C8H14N4O2S2. The van der Waals surface area contributed by atoms with Crippen LogP contribution in [0.15, 0.2) is 11.6 Å². The fourth-order valence-corrected chi connectivity index (χ4v) is 3.05. The lowest BCUT2D eigenvalue weighted by molar-refractivity contribution is 0.330. The second-order valence-electron chi connectivity index (χ2n) is 3.70. The second kappa shape index (κ2) is 4.66. The Kier molecular flexibility index (Phi) is 3.43. The number of rotatable bonds is 3. The third-order valence-electron chi connectivity index (χ3n) is 2.57. The molecule has 0 aliphatic carbocycles. The Morgan fingerprint density at radius 3 is 2.69 bits per heavy atom. The minimum absolute atomic E-state index is 0.282. The van der Waals surface area contributed by atoms with Crippen molar-refractivity contribution in [2.75, 3.05) is 18.4 Å². The van der Waals surface area contributed by atoms with Crippen LogP contribution in [0.25, 0.3) is 0 Å². The zero-order valence-electron chi connectivity index (χ0n) is 8.67. The van der Waals surface area contributed by atoms with E-state index in [-0.39, 0.29) is 6.04 Å². The standard InChI is InChI=1S/C8H14N4O2S2/c9-16(13,14)12-4-1-7(2-5-12)11-8-10-3-6-15-8/h3,6-7H,1-2,4-5H2,(H,10,11)(H2,9,13,14). The lowest BCUT2D eigenvalue weighted by Gasteiger charge is -2.30. The molecule has 1 aliphatic rings. The predicted molar refractivity (Wildman–Crippen MR) is 63.4 cm³/mol. The normalized spacial score (nSPS) is 19.8. The summed E-state index contributed by atoms with van der Waals surface area (Å²) < 4.78 is 23.5. The van der Waals surface area contributed by atoms with Crippen LogP contribution in [0.2, 0.25) is 0 Å². The van der Waals surface area contributed by atoms with E-state index in [0.717, 1.165) is 18.0 Å². The molecule has 90 valence electrons. The van der Waals surface area contributed by atoms with Crippen LogP contribution in [0.4, 0.5) is 5.13 Å². The molecule has 1 fully saturated rings. The molecule has 0 amide bonds. The van der Waals surface area contributed by atoms with Crippen LogP contribution >= 0.6 is 11.3 Å². The molecule has 1 aliphatic heterocycles. The predicted octanol–water partition coefficient (Wildman–Crippen LogP) is 0.223. The van der Waals surface area contributed by atoms with Gasteiger partial charge in [-0.05, 0) is 12.8 Å². The van der Waals surface area contributed by atoms with E-state index in [1.807, 2.05) is 5.38 Å². The van der Waals surface area contributed by atoms with E-state index in [2.05, 4.69) is 10.3 Å². The van der Waals surface area contributed by atoms with Crippen LogP contribution in [0.3, 0.4) is 0 Å². The maximum atomic E-state index is 11.1. The van der Waals surface area contributed by atoms with Gasteiger partial charge in [-0.3, -0.25) is 0 Å². The van der Waals surface area contributed by atoms with Crippen molar-refractivity contribution < 1.29 is 8.42 Å². The van der Waals surface area contributed by atoms with Crippen molar-refractivity contribution in [3.05, 3.63) is 11.6 Å². The van der Waals surface area contributed by atoms with Gasteiger partial charge in [0.05, 0.1) is 0 Å². The van der Waals surface area contributed by atoms with Gasteiger partial charge in [0.25, 0.3) is 10.2 Å². The van der Waals surface area contributed by atoms with Crippen LogP contribution in [0.5, 0.6) is 0 Å². The third kappa shape index (κ3) is 2.91. The zero-order chi connectivity index (χ0) is 11.6. The first-order valence-electron chi connectivity index (χ1n) is 4.99. The molecule has 0 radical (unpaired) electrons. The van der Waals surface area contributed by atoms with E-state index in [9.17, 15) is 8.42 Å². The van der Waals surface area contributed by atoms with Crippen molar-refractivity contribution in [1.82, 2.24) is 9.29 Å². The highest BCUT2D eigenvalue weighted by atomic mass is 32.2. The number of nitrogens with zero attached hydrogens (tertiary/aromatic N) is 2. The molecule has 0 aromatic carbocycles. The highest BCUT2D eigenvalue weighted by molar-refractivity contribution is 7.86. The van der Waals surface area contributed by atoms with Crippen molar-refractivity contribution in [3.63, 3.8) is 0 Å². The van der Waals surface area contributed by atoms with Crippen molar-refractivity contribution in [1.29, 1.82) is 0 Å². The number of anilines is 1. The van der Waals surface area contributed by atoms with Gasteiger partial charge in [-0.15, -0.1) is 11.3 Å². The summed E-state index contributed by atoms with van der Waals surface area (Å²) >= 11 is 1.54. The molecule has 1 saturated heterocycles. The summed E-state index contributed by atoms with van der Waals surface area (Å²) in [7, 11) is -3.52. The lowest BCUT2D eigenvalue weighted by atomic mass is 10.1.